The number of likely N-dealkylation sites (N-methyl/N-ethyl adjacent to an activating group) is 1. The van der Waals surface area contributed by atoms with Gasteiger partial charge in [0, 0.05) is 18.4 Å². The standard InChI is InChI=1S/C10H14N4O2/c1-14(5-9(12)15)6-2-3-8(11)7(4-6)10(13)16/h2-4H,5,11H2,1H3,(H2,12,15)(H2,13,16). The molecule has 6 nitrogen and oxygen atoms in total. The van der Waals surface area contributed by atoms with Gasteiger partial charge in [-0.25, -0.2) is 0 Å². The first-order valence-corrected chi connectivity index (χ1v) is 4.60. The predicted molar refractivity (Wildman–Crippen MR) is 61.8 cm³/mol. The molecule has 16 heavy (non-hydrogen) atoms. The van der Waals surface area contributed by atoms with E-state index in [2.05, 4.69) is 0 Å². The van der Waals surface area contributed by atoms with Crippen LogP contribution in [-0.4, -0.2) is 25.4 Å². The zero-order chi connectivity index (χ0) is 12.3. The van der Waals surface area contributed by atoms with Gasteiger partial charge in [-0.15, -0.1) is 0 Å². The van der Waals surface area contributed by atoms with E-state index in [1.54, 1.807) is 24.1 Å². The Kier molecular flexibility index (Phi) is 3.34. The number of benzene rings is 1. The number of anilines is 2. The Morgan fingerprint density at radius 1 is 1.31 bits per heavy atom. The van der Waals surface area contributed by atoms with Crippen molar-refractivity contribution in [2.24, 2.45) is 11.5 Å². The molecule has 0 unspecified atom stereocenters. The normalized spacial score (nSPS) is 9.81. The third-order valence-corrected chi connectivity index (χ3v) is 2.14. The first-order chi connectivity index (χ1) is 7.41. The minimum Gasteiger partial charge on any atom is -0.398 e. The van der Waals surface area contributed by atoms with E-state index >= 15 is 0 Å². The highest BCUT2D eigenvalue weighted by Gasteiger charge is 2.10. The van der Waals surface area contributed by atoms with E-state index in [4.69, 9.17) is 17.2 Å². The lowest BCUT2D eigenvalue weighted by Gasteiger charge is -2.18. The number of nitrogen functional groups attached to an aromatic ring is 1. The quantitative estimate of drug-likeness (QED) is 0.583. The molecule has 1 rings (SSSR count). The molecule has 0 radical (unpaired) electrons. The zero-order valence-corrected chi connectivity index (χ0v) is 8.93. The zero-order valence-electron chi connectivity index (χ0n) is 8.93. The van der Waals surface area contributed by atoms with E-state index in [0.717, 1.165) is 0 Å². The summed E-state index contributed by atoms with van der Waals surface area (Å²) in [7, 11) is 1.68. The Bertz CT molecular complexity index is 431. The monoisotopic (exact) mass is 222 g/mol. The van der Waals surface area contributed by atoms with Crippen molar-refractivity contribution in [2.75, 3.05) is 24.2 Å². The largest absolute Gasteiger partial charge is 0.398 e. The maximum absolute atomic E-state index is 11.1. The summed E-state index contributed by atoms with van der Waals surface area (Å²) in [5.41, 5.74) is 17.0. The van der Waals surface area contributed by atoms with Crippen LogP contribution in [-0.2, 0) is 4.79 Å². The number of primary amides is 2. The van der Waals surface area contributed by atoms with Crippen molar-refractivity contribution in [3.63, 3.8) is 0 Å². The highest BCUT2D eigenvalue weighted by Crippen LogP contribution is 2.19. The lowest BCUT2D eigenvalue weighted by molar-refractivity contribution is -0.116. The van der Waals surface area contributed by atoms with Gasteiger partial charge in [-0.05, 0) is 18.2 Å². The Morgan fingerprint density at radius 3 is 2.44 bits per heavy atom. The van der Waals surface area contributed by atoms with Crippen molar-refractivity contribution in [3.05, 3.63) is 23.8 Å². The third-order valence-electron chi connectivity index (χ3n) is 2.14. The first-order valence-electron chi connectivity index (χ1n) is 4.60. The van der Waals surface area contributed by atoms with Crippen LogP contribution in [0, 0.1) is 0 Å². The molecule has 0 spiro atoms. The molecule has 0 aliphatic rings. The van der Waals surface area contributed by atoms with Crippen molar-refractivity contribution in [2.45, 2.75) is 0 Å². The number of rotatable bonds is 4. The number of hydrogen-bond acceptors (Lipinski definition) is 4. The van der Waals surface area contributed by atoms with Gasteiger partial charge in [0.05, 0.1) is 12.1 Å². The summed E-state index contributed by atoms with van der Waals surface area (Å²) in [5, 5.41) is 0. The van der Waals surface area contributed by atoms with Crippen molar-refractivity contribution in [1.82, 2.24) is 0 Å². The SMILES string of the molecule is CN(CC(N)=O)c1ccc(N)c(C(N)=O)c1. The molecular formula is C10H14N4O2. The summed E-state index contributed by atoms with van der Waals surface area (Å²) < 4.78 is 0. The molecule has 1 aromatic carbocycles. The molecule has 1 aromatic rings. The summed E-state index contributed by atoms with van der Waals surface area (Å²) in [6.45, 7) is 0.0577. The van der Waals surface area contributed by atoms with Crippen LogP contribution in [0.5, 0.6) is 0 Å². The topological polar surface area (TPSA) is 115 Å². The molecule has 0 aliphatic heterocycles. The number of amides is 2. The molecule has 2 amide bonds. The molecule has 0 bridgehead atoms. The minimum absolute atomic E-state index is 0.0577. The first kappa shape index (κ1) is 11.8. The summed E-state index contributed by atoms with van der Waals surface area (Å²) in [6, 6.07) is 4.78. The van der Waals surface area contributed by atoms with Crippen molar-refractivity contribution in [3.8, 4) is 0 Å². The van der Waals surface area contributed by atoms with Crippen molar-refractivity contribution < 1.29 is 9.59 Å². The molecule has 0 saturated heterocycles. The molecule has 0 fully saturated rings. The number of nitrogens with zero attached hydrogens (tertiary/aromatic N) is 1. The van der Waals surface area contributed by atoms with Crippen LogP contribution in [0.25, 0.3) is 0 Å². The molecule has 0 saturated carbocycles. The fourth-order valence-corrected chi connectivity index (χ4v) is 1.32. The Labute approximate surface area is 93.0 Å². The number of carbonyl (C=O) groups is 2. The Morgan fingerprint density at radius 2 is 1.94 bits per heavy atom. The molecule has 0 heterocycles. The third kappa shape index (κ3) is 2.63. The average molecular weight is 222 g/mol. The maximum atomic E-state index is 11.1. The van der Waals surface area contributed by atoms with Gasteiger partial charge in [-0.2, -0.15) is 0 Å². The van der Waals surface area contributed by atoms with Gasteiger partial charge in [0.1, 0.15) is 0 Å². The van der Waals surface area contributed by atoms with Crippen LogP contribution in [0.4, 0.5) is 11.4 Å². The van der Waals surface area contributed by atoms with Gasteiger partial charge < -0.3 is 22.1 Å². The fourth-order valence-electron chi connectivity index (χ4n) is 1.32. The molecule has 6 N–H and O–H groups in total. The van der Waals surface area contributed by atoms with Crippen LogP contribution < -0.4 is 22.1 Å². The number of hydrogen-bond donors (Lipinski definition) is 3. The second kappa shape index (κ2) is 4.52. The van der Waals surface area contributed by atoms with E-state index < -0.39 is 11.8 Å². The molecular weight excluding hydrogens is 208 g/mol. The van der Waals surface area contributed by atoms with Crippen LogP contribution in [0.15, 0.2) is 18.2 Å². The molecule has 6 heteroatoms. The highest BCUT2D eigenvalue weighted by molar-refractivity contribution is 5.99. The number of nitrogens with two attached hydrogens (primary N) is 3. The Hall–Kier alpha value is -2.24. The highest BCUT2D eigenvalue weighted by atomic mass is 16.1. The van der Waals surface area contributed by atoms with Gasteiger partial charge in [-0.1, -0.05) is 0 Å². The van der Waals surface area contributed by atoms with Gasteiger partial charge in [-0.3, -0.25) is 9.59 Å². The van der Waals surface area contributed by atoms with Crippen LogP contribution >= 0.6 is 0 Å². The van der Waals surface area contributed by atoms with E-state index in [-0.39, 0.29) is 12.1 Å². The fraction of sp³-hybridized carbons (Fsp3) is 0.200. The molecule has 0 atom stereocenters. The average Bonchev–Trinajstić information content (AvgIpc) is 2.16. The van der Waals surface area contributed by atoms with Crippen LogP contribution in [0.2, 0.25) is 0 Å². The van der Waals surface area contributed by atoms with Crippen LogP contribution in [0.3, 0.4) is 0 Å². The van der Waals surface area contributed by atoms with E-state index in [1.807, 2.05) is 0 Å². The van der Waals surface area contributed by atoms with E-state index in [1.165, 1.54) is 6.07 Å². The summed E-state index contributed by atoms with van der Waals surface area (Å²) in [4.78, 5) is 23.4. The molecule has 86 valence electrons. The predicted octanol–water partition coefficient (Wildman–Crippen LogP) is -0.711. The summed E-state index contributed by atoms with van der Waals surface area (Å²) >= 11 is 0. The maximum Gasteiger partial charge on any atom is 0.250 e. The Balaban J connectivity index is 3.02. The lowest BCUT2D eigenvalue weighted by Crippen LogP contribution is -2.30. The molecule has 0 aromatic heterocycles. The summed E-state index contributed by atoms with van der Waals surface area (Å²) in [5.74, 6) is -1.06. The second-order valence-corrected chi connectivity index (χ2v) is 3.46. The molecule has 0 aliphatic carbocycles. The van der Waals surface area contributed by atoms with E-state index in [9.17, 15) is 9.59 Å². The van der Waals surface area contributed by atoms with Crippen LogP contribution in [0.1, 0.15) is 10.4 Å². The smallest absolute Gasteiger partial charge is 0.250 e. The van der Waals surface area contributed by atoms with Crippen molar-refractivity contribution in [1.29, 1.82) is 0 Å². The second-order valence-electron chi connectivity index (χ2n) is 3.46. The lowest BCUT2D eigenvalue weighted by atomic mass is 10.1. The minimum atomic E-state index is -0.605. The van der Waals surface area contributed by atoms with E-state index in [0.29, 0.717) is 11.4 Å². The number of carbonyl (C=O) groups excluding carboxylic acids is 2. The summed E-state index contributed by atoms with van der Waals surface area (Å²) in [6.07, 6.45) is 0. The van der Waals surface area contributed by atoms with Crippen molar-refractivity contribution >= 4 is 23.2 Å². The van der Waals surface area contributed by atoms with Gasteiger partial charge >= 0.3 is 0 Å². The van der Waals surface area contributed by atoms with Gasteiger partial charge in [0.2, 0.25) is 5.91 Å². The van der Waals surface area contributed by atoms with Gasteiger partial charge in [0.15, 0.2) is 0 Å². The van der Waals surface area contributed by atoms with Gasteiger partial charge in [0.25, 0.3) is 5.91 Å².